The summed E-state index contributed by atoms with van der Waals surface area (Å²) in [4.78, 5) is 0. The molecular weight excluding hydrogens is 404 g/mol. The molecule has 0 saturated carbocycles. The van der Waals surface area contributed by atoms with Crippen LogP contribution in [-0.4, -0.2) is 10.4 Å². The van der Waals surface area contributed by atoms with Crippen LogP contribution in [0.2, 0.25) is 0 Å². The van der Waals surface area contributed by atoms with Crippen molar-refractivity contribution in [2.75, 3.05) is 0 Å². The molecule has 0 aliphatic rings. The van der Waals surface area contributed by atoms with Gasteiger partial charge in [-0.25, -0.2) is 0 Å². The molecule has 33 heavy (non-hydrogen) atoms. The summed E-state index contributed by atoms with van der Waals surface area (Å²) in [5, 5.41) is 6.40. The van der Waals surface area contributed by atoms with Gasteiger partial charge in [0.25, 0.3) is 0 Å². The van der Waals surface area contributed by atoms with E-state index in [9.17, 15) is 0 Å². The monoisotopic (exact) mass is 430 g/mol. The predicted octanol–water partition coefficient (Wildman–Crippen LogP) is 7.78. The summed E-state index contributed by atoms with van der Waals surface area (Å²) < 4.78 is 4.22. The van der Waals surface area contributed by atoms with Gasteiger partial charge in [-0.2, -0.15) is 0 Å². The Morgan fingerprint density at radius 1 is 0.424 bits per heavy atom. The van der Waals surface area contributed by atoms with E-state index in [1.54, 1.807) is 0 Å². The van der Waals surface area contributed by atoms with Crippen molar-refractivity contribution in [1.82, 2.24) is 10.4 Å². The van der Waals surface area contributed by atoms with E-state index in [0.29, 0.717) is 0 Å². The van der Waals surface area contributed by atoms with E-state index in [4.69, 9.17) is 0 Å². The summed E-state index contributed by atoms with van der Waals surface area (Å²) in [6.45, 7) is 0. The van der Waals surface area contributed by atoms with Crippen molar-refractivity contribution >= 4 is 24.3 Å². The molecule has 0 radical (unpaired) electrons. The SMILES string of the molecule is C(=Cc1ccccc1)c1ccccc1.C(=Cc1ccccc1)c1ccccc1.c1conn1. The largest absolute Gasteiger partial charge is 0.346 e. The lowest BCUT2D eigenvalue weighted by molar-refractivity contribution is 0.393. The average Bonchev–Trinajstić information content (AvgIpc) is 3.50. The maximum Gasteiger partial charge on any atom is 0.144 e. The Balaban J connectivity index is 0.000000154. The zero-order valence-electron chi connectivity index (χ0n) is 18.3. The van der Waals surface area contributed by atoms with Crippen LogP contribution in [0.1, 0.15) is 22.3 Å². The second kappa shape index (κ2) is 14.5. The van der Waals surface area contributed by atoms with E-state index in [2.05, 4.69) is 87.7 Å². The minimum Gasteiger partial charge on any atom is -0.346 e. The van der Waals surface area contributed by atoms with E-state index in [0.717, 1.165) is 0 Å². The molecule has 0 bridgehead atoms. The van der Waals surface area contributed by atoms with Crippen molar-refractivity contribution in [3.63, 3.8) is 0 Å². The minimum absolute atomic E-state index is 1.23. The standard InChI is InChI=1S/2C14H12.C2H2N2O/c2*1-3-7-13(8-4-1)11-12-14-9-5-2-6-10-14;1-2-5-4-3-1/h2*1-12H;1-2H. The van der Waals surface area contributed by atoms with Gasteiger partial charge in [0.15, 0.2) is 0 Å². The lowest BCUT2D eigenvalue weighted by Crippen LogP contribution is -1.70. The summed E-state index contributed by atoms with van der Waals surface area (Å²) in [5.41, 5.74) is 4.93. The van der Waals surface area contributed by atoms with Crippen LogP contribution in [0.25, 0.3) is 24.3 Å². The zero-order valence-corrected chi connectivity index (χ0v) is 18.3. The molecule has 1 aromatic heterocycles. The van der Waals surface area contributed by atoms with E-state index in [1.807, 2.05) is 72.8 Å². The molecule has 162 valence electrons. The molecule has 0 saturated heterocycles. The van der Waals surface area contributed by atoms with Crippen LogP contribution in [0.5, 0.6) is 0 Å². The molecule has 0 aliphatic carbocycles. The number of benzene rings is 4. The number of hydrogen-bond acceptors (Lipinski definition) is 3. The van der Waals surface area contributed by atoms with Crippen molar-refractivity contribution in [2.45, 2.75) is 0 Å². The van der Waals surface area contributed by atoms with Crippen LogP contribution in [0.15, 0.2) is 138 Å². The molecule has 3 heteroatoms. The van der Waals surface area contributed by atoms with Crippen molar-refractivity contribution in [1.29, 1.82) is 0 Å². The molecule has 5 rings (SSSR count). The highest BCUT2D eigenvalue weighted by atomic mass is 16.5. The average molecular weight is 431 g/mol. The molecule has 0 aliphatic heterocycles. The van der Waals surface area contributed by atoms with Crippen LogP contribution in [0.4, 0.5) is 0 Å². The molecule has 0 spiro atoms. The number of aromatic nitrogens is 2. The normalized spacial score (nSPS) is 10.2. The van der Waals surface area contributed by atoms with Gasteiger partial charge < -0.3 is 4.52 Å². The van der Waals surface area contributed by atoms with Crippen molar-refractivity contribution in [3.8, 4) is 0 Å². The lowest BCUT2D eigenvalue weighted by atomic mass is 10.1. The van der Waals surface area contributed by atoms with Crippen molar-refractivity contribution in [2.24, 2.45) is 0 Å². The second-order valence-corrected chi connectivity index (χ2v) is 6.90. The molecule has 1 heterocycles. The summed E-state index contributed by atoms with van der Waals surface area (Å²) in [6.07, 6.45) is 11.4. The summed E-state index contributed by atoms with van der Waals surface area (Å²) in [6, 6.07) is 41.3. The predicted molar refractivity (Wildman–Crippen MR) is 138 cm³/mol. The smallest absolute Gasteiger partial charge is 0.144 e. The van der Waals surface area contributed by atoms with Gasteiger partial charge in [-0.15, -0.1) is 5.10 Å². The molecule has 4 aromatic carbocycles. The Labute approximate surface area is 195 Å². The highest BCUT2D eigenvalue weighted by Crippen LogP contribution is 2.08. The molecule has 0 amide bonds. The van der Waals surface area contributed by atoms with Crippen molar-refractivity contribution in [3.05, 3.63) is 156 Å². The maximum absolute atomic E-state index is 4.22. The fourth-order valence-corrected chi connectivity index (χ4v) is 2.78. The third-order valence-corrected chi connectivity index (χ3v) is 4.42. The van der Waals surface area contributed by atoms with Crippen LogP contribution in [0, 0.1) is 0 Å². The molecule has 0 unspecified atom stereocenters. The first-order valence-corrected chi connectivity index (χ1v) is 10.7. The third kappa shape index (κ3) is 9.90. The van der Waals surface area contributed by atoms with Gasteiger partial charge in [0, 0.05) is 5.27 Å². The van der Waals surface area contributed by atoms with Gasteiger partial charge >= 0.3 is 0 Å². The molecule has 0 fully saturated rings. The minimum atomic E-state index is 1.23. The van der Waals surface area contributed by atoms with E-state index in [-0.39, 0.29) is 0 Å². The quantitative estimate of drug-likeness (QED) is 0.273. The van der Waals surface area contributed by atoms with Crippen LogP contribution in [-0.2, 0) is 0 Å². The van der Waals surface area contributed by atoms with Gasteiger partial charge in [-0.05, 0) is 22.3 Å². The Kier molecular flexibility index (Phi) is 10.2. The van der Waals surface area contributed by atoms with Crippen LogP contribution >= 0.6 is 0 Å². The molecule has 5 aromatic rings. The lowest BCUT2D eigenvalue weighted by Gasteiger charge is -1.92. The highest BCUT2D eigenvalue weighted by molar-refractivity contribution is 5.70. The van der Waals surface area contributed by atoms with Crippen LogP contribution < -0.4 is 0 Å². The van der Waals surface area contributed by atoms with Gasteiger partial charge in [0.1, 0.15) is 6.26 Å². The summed E-state index contributed by atoms with van der Waals surface area (Å²) in [7, 11) is 0. The van der Waals surface area contributed by atoms with Crippen molar-refractivity contribution < 1.29 is 4.52 Å². The third-order valence-electron chi connectivity index (χ3n) is 4.42. The number of rotatable bonds is 4. The summed E-state index contributed by atoms with van der Waals surface area (Å²) >= 11 is 0. The molecule has 0 N–H and O–H groups in total. The zero-order chi connectivity index (χ0) is 22.8. The van der Waals surface area contributed by atoms with E-state index >= 15 is 0 Å². The molecular formula is C30H26N2O. The number of nitrogens with zero attached hydrogens (tertiary/aromatic N) is 2. The Hall–Kier alpha value is -4.50. The first-order chi connectivity index (χ1) is 16.4. The molecule has 3 nitrogen and oxygen atoms in total. The number of hydrogen-bond donors (Lipinski definition) is 0. The van der Waals surface area contributed by atoms with E-state index < -0.39 is 0 Å². The topological polar surface area (TPSA) is 38.9 Å². The van der Waals surface area contributed by atoms with Crippen LogP contribution in [0.3, 0.4) is 0 Å². The van der Waals surface area contributed by atoms with Gasteiger partial charge in [-0.3, -0.25) is 0 Å². The van der Waals surface area contributed by atoms with Gasteiger partial charge in [0.2, 0.25) is 0 Å². The van der Waals surface area contributed by atoms with Gasteiger partial charge in [0.05, 0.1) is 6.20 Å². The Bertz CT molecular complexity index is 984. The maximum atomic E-state index is 4.22. The second-order valence-electron chi connectivity index (χ2n) is 6.90. The Morgan fingerprint density at radius 3 is 0.909 bits per heavy atom. The first kappa shape index (κ1) is 23.2. The fraction of sp³-hybridized carbons (Fsp3) is 0. The Morgan fingerprint density at radius 2 is 0.727 bits per heavy atom. The van der Waals surface area contributed by atoms with Gasteiger partial charge in [-0.1, -0.05) is 146 Å². The first-order valence-electron chi connectivity index (χ1n) is 10.7. The van der Waals surface area contributed by atoms with E-state index in [1.165, 1.54) is 34.7 Å². The molecule has 0 atom stereocenters. The fourth-order valence-electron chi connectivity index (χ4n) is 2.78. The summed E-state index contributed by atoms with van der Waals surface area (Å²) in [5.74, 6) is 0. The highest BCUT2D eigenvalue weighted by Gasteiger charge is 1.85.